The van der Waals surface area contributed by atoms with Gasteiger partial charge in [-0.25, -0.2) is 4.79 Å². The molecule has 1 N–H and O–H groups in total. The number of hydrogen-bond donors (Lipinski definition) is 1. The molecule has 0 aliphatic heterocycles. The lowest BCUT2D eigenvalue weighted by Gasteiger charge is -2.26. The molecule has 26 heavy (non-hydrogen) atoms. The molecule has 0 saturated carbocycles. The van der Waals surface area contributed by atoms with Crippen LogP contribution in [0.4, 0.5) is 0 Å². The van der Waals surface area contributed by atoms with Crippen molar-refractivity contribution in [3.63, 3.8) is 0 Å². The molecule has 6 heteroatoms. The normalized spacial score (nSPS) is 12.2. The average molecular weight is 357 g/mol. The Bertz CT molecular complexity index is 751. The fourth-order valence-electron chi connectivity index (χ4n) is 3.04. The maximum atomic E-state index is 13.0. The highest BCUT2D eigenvalue weighted by Crippen LogP contribution is 2.20. The smallest absolute Gasteiger partial charge is 0.326 e. The van der Waals surface area contributed by atoms with Gasteiger partial charge in [-0.15, -0.1) is 0 Å². The van der Waals surface area contributed by atoms with Gasteiger partial charge >= 0.3 is 5.97 Å². The predicted molar refractivity (Wildman–Crippen MR) is 100.0 cm³/mol. The molecule has 0 spiro atoms. The van der Waals surface area contributed by atoms with Crippen molar-refractivity contribution in [1.29, 1.82) is 0 Å². The molecule has 0 fully saturated rings. The molecule has 1 unspecified atom stereocenters. The van der Waals surface area contributed by atoms with Gasteiger partial charge in [0.25, 0.3) is 5.91 Å². The van der Waals surface area contributed by atoms with Crippen molar-refractivity contribution in [3.05, 3.63) is 53.3 Å². The Balaban J connectivity index is 2.34. The van der Waals surface area contributed by atoms with E-state index in [-0.39, 0.29) is 18.5 Å². The SMILES string of the molecule is CCC(CC)n1nc(C(=O)N(Cc2ccccc2)C(C)C(=O)O)cc1C. The number of carbonyl (C=O) groups is 2. The third-order valence-electron chi connectivity index (χ3n) is 4.71. The molecule has 0 aliphatic carbocycles. The lowest BCUT2D eigenvalue weighted by Crippen LogP contribution is -2.43. The molecule has 0 radical (unpaired) electrons. The van der Waals surface area contributed by atoms with Crippen molar-refractivity contribution in [3.8, 4) is 0 Å². The first kappa shape index (κ1) is 19.7. The number of carboxylic acid groups (broad SMARTS) is 1. The van der Waals surface area contributed by atoms with Gasteiger partial charge in [0.05, 0.1) is 6.04 Å². The molecular formula is C20H27N3O3. The first-order chi connectivity index (χ1) is 12.4. The number of nitrogens with zero attached hydrogens (tertiary/aromatic N) is 3. The van der Waals surface area contributed by atoms with Crippen molar-refractivity contribution in [2.45, 2.75) is 59.2 Å². The molecular weight excluding hydrogens is 330 g/mol. The van der Waals surface area contributed by atoms with E-state index in [0.717, 1.165) is 24.1 Å². The second-order valence-electron chi connectivity index (χ2n) is 6.52. The quantitative estimate of drug-likeness (QED) is 0.782. The van der Waals surface area contributed by atoms with Crippen LogP contribution in [0.3, 0.4) is 0 Å². The monoisotopic (exact) mass is 357 g/mol. The molecule has 0 saturated heterocycles. The van der Waals surface area contributed by atoms with E-state index < -0.39 is 12.0 Å². The Morgan fingerprint density at radius 1 is 1.19 bits per heavy atom. The molecule has 6 nitrogen and oxygen atoms in total. The molecule has 1 amide bonds. The molecule has 1 aromatic heterocycles. The van der Waals surface area contributed by atoms with Crippen LogP contribution < -0.4 is 0 Å². The number of rotatable bonds is 8. The third kappa shape index (κ3) is 4.31. The Morgan fingerprint density at radius 3 is 2.35 bits per heavy atom. The predicted octanol–water partition coefficient (Wildman–Crippen LogP) is 3.67. The minimum absolute atomic E-state index is 0.226. The van der Waals surface area contributed by atoms with Crippen LogP contribution in [0.1, 0.15) is 61.4 Å². The van der Waals surface area contributed by atoms with Crippen molar-refractivity contribution in [2.75, 3.05) is 0 Å². The van der Waals surface area contributed by atoms with Gasteiger partial charge in [0.15, 0.2) is 5.69 Å². The number of benzene rings is 1. The van der Waals surface area contributed by atoms with Gasteiger partial charge in [-0.05, 0) is 38.3 Å². The first-order valence-corrected chi connectivity index (χ1v) is 9.02. The first-order valence-electron chi connectivity index (χ1n) is 9.02. The van der Waals surface area contributed by atoms with E-state index in [1.54, 1.807) is 6.07 Å². The van der Waals surface area contributed by atoms with E-state index in [4.69, 9.17) is 0 Å². The molecule has 1 atom stereocenters. The van der Waals surface area contributed by atoms with E-state index in [1.807, 2.05) is 41.9 Å². The maximum absolute atomic E-state index is 13.0. The highest BCUT2D eigenvalue weighted by molar-refractivity contribution is 5.95. The van der Waals surface area contributed by atoms with Crippen LogP contribution in [-0.2, 0) is 11.3 Å². The van der Waals surface area contributed by atoms with Crippen LogP contribution in [0.5, 0.6) is 0 Å². The molecule has 2 rings (SSSR count). The second kappa shape index (κ2) is 8.65. The molecule has 0 bridgehead atoms. The van der Waals surface area contributed by atoms with Gasteiger partial charge in [0.1, 0.15) is 6.04 Å². The zero-order chi connectivity index (χ0) is 19.3. The van der Waals surface area contributed by atoms with Crippen LogP contribution in [-0.4, -0.2) is 37.7 Å². The van der Waals surface area contributed by atoms with Gasteiger partial charge in [0.2, 0.25) is 0 Å². The number of aliphatic carboxylic acids is 1. The van der Waals surface area contributed by atoms with Gasteiger partial charge in [-0.3, -0.25) is 9.48 Å². The van der Waals surface area contributed by atoms with E-state index in [1.165, 1.54) is 11.8 Å². The van der Waals surface area contributed by atoms with Gasteiger partial charge in [-0.1, -0.05) is 44.2 Å². The fraction of sp³-hybridized carbons (Fsp3) is 0.450. The highest BCUT2D eigenvalue weighted by atomic mass is 16.4. The van der Waals surface area contributed by atoms with Crippen LogP contribution in [0, 0.1) is 6.92 Å². The number of carbonyl (C=O) groups excluding carboxylic acids is 1. The van der Waals surface area contributed by atoms with Crippen LogP contribution >= 0.6 is 0 Å². The number of amides is 1. The van der Waals surface area contributed by atoms with Crippen molar-refractivity contribution < 1.29 is 14.7 Å². The van der Waals surface area contributed by atoms with E-state index in [0.29, 0.717) is 5.69 Å². The Morgan fingerprint density at radius 2 is 1.81 bits per heavy atom. The summed E-state index contributed by atoms with van der Waals surface area (Å²) in [4.78, 5) is 25.9. The molecule has 2 aromatic rings. The number of aryl methyl sites for hydroxylation is 1. The summed E-state index contributed by atoms with van der Waals surface area (Å²) < 4.78 is 1.87. The minimum atomic E-state index is -1.04. The summed E-state index contributed by atoms with van der Waals surface area (Å²) in [5, 5.41) is 13.9. The fourth-order valence-corrected chi connectivity index (χ4v) is 3.04. The summed E-state index contributed by atoms with van der Waals surface area (Å²) >= 11 is 0. The molecule has 1 heterocycles. The van der Waals surface area contributed by atoms with Gasteiger partial charge in [-0.2, -0.15) is 5.10 Å². The summed E-state index contributed by atoms with van der Waals surface area (Å²) in [6.07, 6.45) is 1.85. The third-order valence-corrected chi connectivity index (χ3v) is 4.71. The second-order valence-corrected chi connectivity index (χ2v) is 6.52. The van der Waals surface area contributed by atoms with Crippen molar-refractivity contribution in [1.82, 2.24) is 14.7 Å². The average Bonchev–Trinajstić information content (AvgIpc) is 3.02. The largest absolute Gasteiger partial charge is 0.480 e. The van der Waals surface area contributed by atoms with E-state index in [9.17, 15) is 14.7 Å². The standard InChI is InChI=1S/C20H27N3O3/c1-5-17(6-2)23-14(3)12-18(21-23)19(24)22(15(4)20(25)26)13-16-10-8-7-9-11-16/h7-12,15,17H,5-6,13H2,1-4H3,(H,25,26). The summed E-state index contributed by atoms with van der Waals surface area (Å²) in [5.74, 6) is -1.40. The summed E-state index contributed by atoms with van der Waals surface area (Å²) in [7, 11) is 0. The maximum Gasteiger partial charge on any atom is 0.326 e. The number of hydrogen-bond acceptors (Lipinski definition) is 3. The Hall–Kier alpha value is -2.63. The number of carboxylic acids is 1. The lowest BCUT2D eigenvalue weighted by atomic mass is 10.1. The molecule has 0 aliphatic rings. The van der Waals surface area contributed by atoms with E-state index >= 15 is 0 Å². The molecule has 140 valence electrons. The topological polar surface area (TPSA) is 75.4 Å². The zero-order valence-corrected chi connectivity index (χ0v) is 15.8. The minimum Gasteiger partial charge on any atom is -0.480 e. The van der Waals surface area contributed by atoms with Crippen LogP contribution in [0.25, 0.3) is 0 Å². The summed E-state index contributed by atoms with van der Waals surface area (Å²) in [6, 6.07) is 10.4. The van der Waals surface area contributed by atoms with E-state index in [2.05, 4.69) is 18.9 Å². The lowest BCUT2D eigenvalue weighted by molar-refractivity contribution is -0.141. The zero-order valence-electron chi connectivity index (χ0n) is 15.8. The summed E-state index contributed by atoms with van der Waals surface area (Å²) in [6.45, 7) is 7.85. The molecule has 1 aromatic carbocycles. The highest BCUT2D eigenvalue weighted by Gasteiger charge is 2.29. The van der Waals surface area contributed by atoms with Crippen LogP contribution in [0.15, 0.2) is 36.4 Å². The Kier molecular flexibility index (Phi) is 6.55. The van der Waals surface area contributed by atoms with Crippen LogP contribution in [0.2, 0.25) is 0 Å². The Labute approximate surface area is 154 Å². The number of aromatic nitrogens is 2. The van der Waals surface area contributed by atoms with Crippen molar-refractivity contribution >= 4 is 11.9 Å². The van der Waals surface area contributed by atoms with Gasteiger partial charge < -0.3 is 10.0 Å². The van der Waals surface area contributed by atoms with Crippen molar-refractivity contribution in [2.24, 2.45) is 0 Å². The summed E-state index contributed by atoms with van der Waals surface area (Å²) in [5.41, 5.74) is 2.08. The van der Waals surface area contributed by atoms with Gasteiger partial charge in [0, 0.05) is 12.2 Å².